The zero-order chi connectivity index (χ0) is 29.6. The van der Waals surface area contributed by atoms with Crippen LogP contribution in [0.3, 0.4) is 0 Å². The molecule has 4 N–H and O–H groups in total. The molecular formula is C28H22Br2N4O6S. The van der Waals surface area contributed by atoms with E-state index in [1.165, 1.54) is 42.7 Å². The molecule has 1 heterocycles. The van der Waals surface area contributed by atoms with Crippen molar-refractivity contribution in [2.24, 2.45) is 0 Å². The fraction of sp³-hybridized carbons (Fsp3) is 0.0714. The summed E-state index contributed by atoms with van der Waals surface area (Å²) in [5.41, 5.74) is 1.42. The number of carboxylic acids is 1. The average Bonchev–Trinajstić information content (AvgIpc) is 2.94. The third kappa shape index (κ3) is 7.37. The highest BCUT2D eigenvalue weighted by Crippen LogP contribution is 2.28. The smallest absolute Gasteiger partial charge is 0.326 e. The number of para-hydroxylation sites is 1. The van der Waals surface area contributed by atoms with Crippen molar-refractivity contribution >= 4 is 71.0 Å². The van der Waals surface area contributed by atoms with Gasteiger partial charge in [0.2, 0.25) is 9.84 Å². The quantitative estimate of drug-likeness (QED) is 0.179. The number of halogens is 2. The molecule has 0 spiro atoms. The van der Waals surface area contributed by atoms with Gasteiger partial charge in [-0.15, -0.1) is 0 Å². The summed E-state index contributed by atoms with van der Waals surface area (Å²) in [6.45, 7) is 0. The Hall–Kier alpha value is -4.07. The first kappa shape index (κ1) is 29.9. The fourth-order valence-corrected chi connectivity index (χ4v) is 6.55. The lowest BCUT2D eigenvalue weighted by molar-refractivity contribution is -0.139. The summed E-state index contributed by atoms with van der Waals surface area (Å²) in [6, 6.07) is 17.9. The molecule has 13 heteroatoms. The number of hydrogen-bond donors (Lipinski definition) is 4. The van der Waals surface area contributed by atoms with Gasteiger partial charge in [0.25, 0.3) is 5.91 Å². The molecule has 1 aromatic heterocycles. The second kappa shape index (κ2) is 13.1. The van der Waals surface area contributed by atoms with Crippen LogP contribution in [0.25, 0.3) is 0 Å². The molecule has 3 amide bonds. The number of aliphatic carboxylic acids is 1. The number of carbonyl (C=O) groups excluding carboxylic acids is 2. The maximum absolute atomic E-state index is 13.1. The Kier molecular flexibility index (Phi) is 9.53. The van der Waals surface area contributed by atoms with E-state index in [-0.39, 0.29) is 27.8 Å². The first-order chi connectivity index (χ1) is 19.6. The zero-order valence-corrected chi connectivity index (χ0v) is 25.0. The number of carbonyl (C=O) groups is 3. The SMILES string of the molecule is O=C(Nc1ccccc1S(=O)(=O)c1ccccc1)N[C@@H](Cc1ccc(NC(=O)c2c(Br)cncc2Br)cc1)C(=O)O. The molecular weight excluding hydrogens is 680 g/mol. The maximum atomic E-state index is 13.1. The molecule has 4 rings (SSSR count). The molecule has 0 saturated carbocycles. The van der Waals surface area contributed by atoms with Crippen LogP contribution >= 0.6 is 31.9 Å². The number of nitrogens with one attached hydrogen (secondary N) is 3. The molecule has 41 heavy (non-hydrogen) atoms. The number of rotatable bonds is 9. The van der Waals surface area contributed by atoms with Crippen LogP contribution in [0.2, 0.25) is 0 Å². The van der Waals surface area contributed by atoms with Crippen LogP contribution in [0.1, 0.15) is 15.9 Å². The standard InChI is InChI=1S/C28H22Br2N4O6S/c29-20-15-31-16-21(30)25(20)26(35)32-18-12-10-17(11-13-18)14-23(27(36)37)34-28(38)33-22-8-4-5-9-24(22)41(39,40)19-6-2-1-3-7-19/h1-13,15-16,23H,14H2,(H,32,35)(H,36,37)(H2,33,34,38)/t23-/m0/s1. The second-order valence-corrected chi connectivity index (χ2v) is 12.3. The molecule has 0 aliphatic carbocycles. The Morgan fingerprint density at radius 2 is 1.44 bits per heavy atom. The summed E-state index contributed by atoms with van der Waals surface area (Å²) in [4.78, 5) is 41.3. The maximum Gasteiger partial charge on any atom is 0.326 e. The van der Waals surface area contributed by atoms with Crippen molar-refractivity contribution in [1.29, 1.82) is 0 Å². The number of aromatic nitrogens is 1. The largest absolute Gasteiger partial charge is 0.480 e. The summed E-state index contributed by atoms with van der Waals surface area (Å²) in [7, 11) is -3.94. The Labute approximate surface area is 252 Å². The molecule has 0 unspecified atom stereocenters. The minimum Gasteiger partial charge on any atom is -0.480 e. The van der Waals surface area contributed by atoms with Crippen LogP contribution in [0, 0.1) is 0 Å². The Balaban J connectivity index is 1.43. The number of pyridine rings is 1. The van der Waals surface area contributed by atoms with Crippen LogP contribution in [-0.4, -0.2) is 42.5 Å². The van der Waals surface area contributed by atoms with Crippen LogP contribution in [0.5, 0.6) is 0 Å². The molecule has 0 aliphatic heterocycles. The Bertz CT molecular complexity index is 1680. The number of anilines is 2. The highest BCUT2D eigenvalue weighted by Gasteiger charge is 2.24. The van der Waals surface area contributed by atoms with Crippen LogP contribution in [0.15, 0.2) is 110 Å². The fourth-order valence-electron chi connectivity index (χ4n) is 3.83. The van der Waals surface area contributed by atoms with Gasteiger partial charge in [-0.3, -0.25) is 9.78 Å². The van der Waals surface area contributed by atoms with Gasteiger partial charge in [-0.25, -0.2) is 18.0 Å². The number of amides is 3. The topological polar surface area (TPSA) is 155 Å². The average molecular weight is 702 g/mol. The third-order valence-corrected chi connectivity index (χ3v) is 8.84. The van der Waals surface area contributed by atoms with E-state index in [9.17, 15) is 27.9 Å². The van der Waals surface area contributed by atoms with Gasteiger partial charge in [0.05, 0.1) is 21.0 Å². The number of urea groups is 1. The molecule has 0 radical (unpaired) electrons. The van der Waals surface area contributed by atoms with E-state index in [4.69, 9.17) is 0 Å². The zero-order valence-electron chi connectivity index (χ0n) is 21.0. The van der Waals surface area contributed by atoms with Crippen molar-refractivity contribution in [3.05, 3.63) is 111 Å². The Morgan fingerprint density at radius 3 is 2.07 bits per heavy atom. The van der Waals surface area contributed by atoms with Crippen molar-refractivity contribution in [3.63, 3.8) is 0 Å². The van der Waals surface area contributed by atoms with Gasteiger partial charge < -0.3 is 21.1 Å². The number of sulfone groups is 1. The highest BCUT2D eigenvalue weighted by atomic mass is 79.9. The molecule has 210 valence electrons. The normalized spacial score (nSPS) is 11.8. The number of nitrogens with zero attached hydrogens (tertiary/aromatic N) is 1. The van der Waals surface area contributed by atoms with Gasteiger partial charge in [-0.05, 0) is 73.8 Å². The van der Waals surface area contributed by atoms with Gasteiger partial charge in [0.15, 0.2) is 0 Å². The summed E-state index contributed by atoms with van der Waals surface area (Å²) < 4.78 is 27.3. The van der Waals surface area contributed by atoms with Gasteiger partial charge in [-0.2, -0.15) is 0 Å². The first-order valence-corrected chi connectivity index (χ1v) is 15.0. The summed E-state index contributed by atoms with van der Waals surface area (Å²) in [5.74, 6) is -1.66. The van der Waals surface area contributed by atoms with Crippen LogP contribution in [-0.2, 0) is 21.1 Å². The predicted octanol–water partition coefficient (Wildman–Crippen LogP) is 5.51. The van der Waals surface area contributed by atoms with E-state index in [0.29, 0.717) is 25.8 Å². The molecule has 1 atom stereocenters. The van der Waals surface area contributed by atoms with Gasteiger partial charge in [0.1, 0.15) is 6.04 Å². The summed E-state index contributed by atoms with van der Waals surface area (Å²) >= 11 is 6.60. The van der Waals surface area contributed by atoms with Crippen LogP contribution < -0.4 is 16.0 Å². The minimum atomic E-state index is -3.94. The number of carboxylic acid groups (broad SMARTS) is 1. The lowest BCUT2D eigenvalue weighted by Crippen LogP contribution is -2.44. The molecule has 0 bridgehead atoms. The highest BCUT2D eigenvalue weighted by molar-refractivity contribution is 9.11. The lowest BCUT2D eigenvalue weighted by atomic mass is 10.1. The lowest BCUT2D eigenvalue weighted by Gasteiger charge is -2.17. The van der Waals surface area contributed by atoms with Crippen molar-refractivity contribution in [2.45, 2.75) is 22.3 Å². The van der Waals surface area contributed by atoms with Crippen LogP contribution in [0.4, 0.5) is 16.2 Å². The van der Waals surface area contributed by atoms with Crippen molar-refractivity contribution in [1.82, 2.24) is 10.3 Å². The van der Waals surface area contributed by atoms with E-state index in [1.807, 2.05) is 0 Å². The second-order valence-electron chi connectivity index (χ2n) is 8.64. The van der Waals surface area contributed by atoms with Gasteiger partial charge in [-0.1, -0.05) is 42.5 Å². The third-order valence-electron chi connectivity index (χ3n) is 5.81. The summed E-state index contributed by atoms with van der Waals surface area (Å²) in [5, 5.41) is 17.3. The summed E-state index contributed by atoms with van der Waals surface area (Å²) in [6.07, 6.45) is 2.93. The monoisotopic (exact) mass is 700 g/mol. The first-order valence-electron chi connectivity index (χ1n) is 11.9. The van der Waals surface area contributed by atoms with E-state index in [1.54, 1.807) is 48.5 Å². The number of hydrogen-bond acceptors (Lipinski definition) is 6. The minimum absolute atomic E-state index is 0.00515. The van der Waals surface area contributed by atoms with E-state index >= 15 is 0 Å². The predicted molar refractivity (Wildman–Crippen MR) is 160 cm³/mol. The van der Waals surface area contributed by atoms with E-state index < -0.39 is 27.9 Å². The molecule has 0 fully saturated rings. The number of benzene rings is 3. The van der Waals surface area contributed by atoms with Gasteiger partial charge >= 0.3 is 12.0 Å². The van der Waals surface area contributed by atoms with Crippen molar-refractivity contribution in [2.75, 3.05) is 10.6 Å². The van der Waals surface area contributed by atoms with E-state index in [2.05, 4.69) is 52.8 Å². The van der Waals surface area contributed by atoms with Gasteiger partial charge in [0, 0.05) is 33.4 Å². The molecule has 4 aromatic rings. The molecule has 3 aromatic carbocycles. The van der Waals surface area contributed by atoms with Crippen molar-refractivity contribution in [3.8, 4) is 0 Å². The molecule has 10 nitrogen and oxygen atoms in total. The van der Waals surface area contributed by atoms with E-state index in [0.717, 1.165) is 0 Å². The molecule has 0 saturated heterocycles. The van der Waals surface area contributed by atoms with Crippen molar-refractivity contribution < 1.29 is 27.9 Å². The molecule has 0 aliphatic rings. The Morgan fingerprint density at radius 1 is 0.829 bits per heavy atom.